The average molecular weight is 250 g/mol. The van der Waals surface area contributed by atoms with Gasteiger partial charge in [-0.25, -0.2) is 12.7 Å². The molecule has 0 aliphatic carbocycles. The van der Waals surface area contributed by atoms with E-state index in [1.807, 2.05) is 7.05 Å². The molecular weight excluding hydrogens is 224 g/mol. The lowest BCUT2D eigenvalue weighted by Crippen LogP contribution is -2.32. The molecule has 0 aromatic heterocycles. The second-order valence-corrected chi connectivity index (χ2v) is 7.60. The SMILES string of the molecule is CNCCCN(C)S(=O)(=O)CCC(C)(C)C. The van der Waals surface area contributed by atoms with Gasteiger partial charge in [-0.15, -0.1) is 0 Å². The van der Waals surface area contributed by atoms with Gasteiger partial charge in [0.2, 0.25) is 10.0 Å². The maximum atomic E-state index is 11.9. The first kappa shape index (κ1) is 15.9. The van der Waals surface area contributed by atoms with Crippen LogP contribution in [0, 0.1) is 5.41 Å². The van der Waals surface area contributed by atoms with Crippen molar-refractivity contribution in [3.05, 3.63) is 0 Å². The van der Waals surface area contributed by atoms with E-state index in [2.05, 4.69) is 26.1 Å². The third kappa shape index (κ3) is 7.19. The first-order valence-electron chi connectivity index (χ1n) is 5.78. The van der Waals surface area contributed by atoms with Gasteiger partial charge in [0, 0.05) is 13.6 Å². The predicted molar refractivity (Wildman–Crippen MR) is 69.0 cm³/mol. The van der Waals surface area contributed by atoms with E-state index >= 15 is 0 Å². The second kappa shape index (κ2) is 6.57. The highest BCUT2D eigenvalue weighted by molar-refractivity contribution is 7.89. The van der Waals surface area contributed by atoms with Crippen LogP contribution in [-0.4, -0.2) is 45.7 Å². The van der Waals surface area contributed by atoms with Crippen molar-refractivity contribution >= 4 is 10.0 Å². The van der Waals surface area contributed by atoms with Crippen LogP contribution in [0.5, 0.6) is 0 Å². The van der Waals surface area contributed by atoms with Crippen molar-refractivity contribution < 1.29 is 8.42 Å². The van der Waals surface area contributed by atoms with Crippen LogP contribution in [0.3, 0.4) is 0 Å². The molecule has 0 aliphatic heterocycles. The average Bonchev–Trinajstić information content (AvgIpc) is 2.14. The highest BCUT2D eigenvalue weighted by Crippen LogP contribution is 2.20. The molecule has 0 amide bonds. The molecule has 0 fully saturated rings. The van der Waals surface area contributed by atoms with Crippen molar-refractivity contribution in [2.75, 3.05) is 32.9 Å². The fourth-order valence-corrected chi connectivity index (χ4v) is 2.80. The zero-order chi connectivity index (χ0) is 12.8. The summed E-state index contributed by atoms with van der Waals surface area (Å²) in [6.45, 7) is 7.61. The predicted octanol–water partition coefficient (Wildman–Crippen LogP) is 1.29. The van der Waals surface area contributed by atoms with Crippen LogP contribution < -0.4 is 5.32 Å². The van der Waals surface area contributed by atoms with Gasteiger partial charge in [-0.1, -0.05) is 20.8 Å². The first-order valence-corrected chi connectivity index (χ1v) is 7.38. The van der Waals surface area contributed by atoms with Crippen molar-refractivity contribution in [2.24, 2.45) is 5.41 Å². The van der Waals surface area contributed by atoms with Crippen LogP contribution >= 0.6 is 0 Å². The molecule has 0 aliphatic rings. The van der Waals surface area contributed by atoms with E-state index < -0.39 is 10.0 Å². The Labute approximate surface area is 100 Å². The fraction of sp³-hybridized carbons (Fsp3) is 1.00. The summed E-state index contributed by atoms with van der Waals surface area (Å²) < 4.78 is 25.2. The third-order valence-electron chi connectivity index (χ3n) is 2.48. The van der Waals surface area contributed by atoms with Gasteiger partial charge >= 0.3 is 0 Å². The summed E-state index contributed by atoms with van der Waals surface area (Å²) in [5, 5.41) is 3.01. The molecule has 0 radical (unpaired) electrons. The maximum absolute atomic E-state index is 11.9. The smallest absolute Gasteiger partial charge is 0.213 e. The molecule has 0 spiro atoms. The van der Waals surface area contributed by atoms with Gasteiger partial charge in [0.1, 0.15) is 0 Å². The zero-order valence-electron chi connectivity index (χ0n) is 11.2. The summed E-state index contributed by atoms with van der Waals surface area (Å²) in [7, 11) is 0.461. The van der Waals surface area contributed by atoms with E-state index in [-0.39, 0.29) is 11.2 Å². The number of nitrogens with zero attached hydrogens (tertiary/aromatic N) is 1. The van der Waals surface area contributed by atoms with E-state index in [0.29, 0.717) is 13.0 Å². The van der Waals surface area contributed by atoms with Crippen LogP contribution in [0.4, 0.5) is 0 Å². The van der Waals surface area contributed by atoms with Crippen LogP contribution in [0.1, 0.15) is 33.6 Å². The maximum Gasteiger partial charge on any atom is 0.213 e. The molecule has 4 nitrogen and oxygen atoms in total. The number of hydrogen-bond acceptors (Lipinski definition) is 3. The summed E-state index contributed by atoms with van der Waals surface area (Å²) >= 11 is 0. The Morgan fingerprint density at radius 1 is 1.25 bits per heavy atom. The number of hydrogen-bond donors (Lipinski definition) is 1. The first-order chi connectivity index (χ1) is 7.19. The number of nitrogens with one attached hydrogen (secondary N) is 1. The molecule has 0 saturated carbocycles. The molecule has 0 unspecified atom stereocenters. The minimum Gasteiger partial charge on any atom is -0.320 e. The molecule has 98 valence electrons. The quantitative estimate of drug-likeness (QED) is 0.693. The Bertz CT molecular complexity index is 281. The zero-order valence-corrected chi connectivity index (χ0v) is 12.0. The summed E-state index contributed by atoms with van der Waals surface area (Å²) in [5.41, 5.74) is 0.0683. The highest BCUT2D eigenvalue weighted by atomic mass is 32.2. The molecule has 0 aromatic carbocycles. The van der Waals surface area contributed by atoms with Crippen molar-refractivity contribution in [1.29, 1.82) is 0 Å². The molecule has 5 heteroatoms. The lowest BCUT2D eigenvalue weighted by Gasteiger charge is -2.21. The van der Waals surface area contributed by atoms with E-state index in [1.54, 1.807) is 7.05 Å². The highest BCUT2D eigenvalue weighted by Gasteiger charge is 2.21. The molecule has 1 N–H and O–H groups in total. The number of sulfonamides is 1. The minimum absolute atomic E-state index is 0.0683. The van der Waals surface area contributed by atoms with Gasteiger partial charge in [-0.3, -0.25) is 0 Å². The second-order valence-electron chi connectivity index (χ2n) is 5.41. The normalized spacial score (nSPS) is 13.4. The van der Waals surface area contributed by atoms with Gasteiger partial charge in [0.05, 0.1) is 5.75 Å². The number of rotatable bonds is 7. The monoisotopic (exact) mass is 250 g/mol. The van der Waals surface area contributed by atoms with E-state index in [1.165, 1.54) is 4.31 Å². The van der Waals surface area contributed by atoms with Crippen LogP contribution in [-0.2, 0) is 10.0 Å². The standard InChI is InChI=1S/C11H26N2O2S/c1-11(2,3)7-10-16(14,15)13(5)9-6-8-12-4/h12H,6-10H2,1-5H3. The van der Waals surface area contributed by atoms with Gasteiger partial charge in [0.25, 0.3) is 0 Å². The summed E-state index contributed by atoms with van der Waals surface area (Å²) in [4.78, 5) is 0. The molecular formula is C11H26N2O2S. The Balaban J connectivity index is 4.11. The Kier molecular flexibility index (Phi) is 6.51. The van der Waals surface area contributed by atoms with Gasteiger partial charge in [-0.2, -0.15) is 0 Å². The third-order valence-corrected chi connectivity index (χ3v) is 4.34. The molecule has 16 heavy (non-hydrogen) atoms. The largest absolute Gasteiger partial charge is 0.320 e. The van der Waals surface area contributed by atoms with E-state index in [9.17, 15) is 8.42 Å². The molecule has 0 bridgehead atoms. The van der Waals surface area contributed by atoms with Crippen LogP contribution in [0.25, 0.3) is 0 Å². The van der Waals surface area contributed by atoms with Crippen molar-refractivity contribution in [1.82, 2.24) is 9.62 Å². The summed E-state index contributed by atoms with van der Waals surface area (Å²) in [6.07, 6.45) is 1.55. The van der Waals surface area contributed by atoms with Crippen LogP contribution in [0.2, 0.25) is 0 Å². The van der Waals surface area contributed by atoms with Crippen molar-refractivity contribution in [3.8, 4) is 0 Å². The topological polar surface area (TPSA) is 49.4 Å². The van der Waals surface area contributed by atoms with Crippen molar-refractivity contribution in [2.45, 2.75) is 33.6 Å². The fourth-order valence-electron chi connectivity index (χ4n) is 1.21. The summed E-state index contributed by atoms with van der Waals surface area (Å²) in [6, 6.07) is 0. The molecule has 0 aromatic rings. The Morgan fingerprint density at radius 3 is 2.25 bits per heavy atom. The molecule has 0 saturated heterocycles. The molecule has 0 rings (SSSR count). The van der Waals surface area contributed by atoms with Crippen molar-refractivity contribution in [3.63, 3.8) is 0 Å². The van der Waals surface area contributed by atoms with Gasteiger partial charge < -0.3 is 5.32 Å². The summed E-state index contributed by atoms with van der Waals surface area (Å²) in [5.74, 6) is 0.243. The van der Waals surface area contributed by atoms with Crippen LogP contribution in [0.15, 0.2) is 0 Å². The van der Waals surface area contributed by atoms with Gasteiger partial charge in [-0.05, 0) is 31.8 Å². The van der Waals surface area contributed by atoms with E-state index in [4.69, 9.17) is 0 Å². The Hall–Kier alpha value is -0.130. The Morgan fingerprint density at radius 2 is 1.81 bits per heavy atom. The van der Waals surface area contributed by atoms with E-state index in [0.717, 1.165) is 13.0 Å². The molecule has 0 heterocycles. The minimum atomic E-state index is -3.07. The van der Waals surface area contributed by atoms with Gasteiger partial charge in [0.15, 0.2) is 0 Å². The lowest BCUT2D eigenvalue weighted by molar-refractivity contribution is 0.388. The molecule has 0 atom stereocenters. The lowest BCUT2D eigenvalue weighted by atomic mass is 9.94.